The first-order valence-electron chi connectivity index (χ1n) is 9.66. The Balaban J connectivity index is 1.42. The van der Waals surface area contributed by atoms with Crippen LogP contribution < -0.4 is 4.74 Å². The molecule has 0 bridgehead atoms. The summed E-state index contributed by atoms with van der Waals surface area (Å²) in [5, 5.41) is 10.7. The van der Waals surface area contributed by atoms with E-state index in [1.807, 2.05) is 12.1 Å². The van der Waals surface area contributed by atoms with E-state index in [0.717, 1.165) is 12.8 Å². The molecule has 0 N–H and O–H groups in total. The smallest absolute Gasteiger partial charge is 0.311 e. The molecule has 0 aromatic heterocycles. The fourth-order valence-corrected chi connectivity index (χ4v) is 4.13. The average molecular weight is 387 g/mol. The van der Waals surface area contributed by atoms with Crippen LogP contribution >= 0.6 is 0 Å². The topological polar surface area (TPSA) is 69.4 Å². The quantitative estimate of drug-likeness (QED) is 0.239. The van der Waals surface area contributed by atoms with Crippen LogP contribution in [0.4, 0.5) is 5.69 Å². The molecule has 1 fully saturated rings. The summed E-state index contributed by atoms with van der Waals surface area (Å²) >= 11 is 0. The van der Waals surface area contributed by atoms with Crippen LogP contribution in [0.25, 0.3) is 0 Å². The van der Waals surface area contributed by atoms with E-state index < -0.39 is 4.92 Å². The molecule has 0 amide bonds. The van der Waals surface area contributed by atoms with Crippen LogP contribution in [-0.4, -0.2) is 10.9 Å². The number of esters is 1. The third-order valence-electron chi connectivity index (χ3n) is 5.66. The zero-order valence-corrected chi connectivity index (χ0v) is 15.9. The van der Waals surface area contributed by atoms with Gasteiger partial charge in [-0.3, -0.25) is 14.9 Å². The van der Waals surface area contributed by atoms with Gasteiger partial charge in [0.25, 0.3) is 5.69 Å². The van der Waals surface area contributed by atoms with Crippen molar-refractivity contribution in [2.45, 2.75) is 24.7 Å². The van der Waals surface area contributed by atoms with Crippen LogP contribution in [0.5, 0.6) is 5.75 Å². The molecule has 1 aliphatic rings. The number of rotatable bonds is 7. The van der Waals surface area contributed by atoms with Gasteiger partial charge in [0.15, 0.2) is 0 Å². The SMILES string of the molecule is O=C(CCC1CC1(c1ccccc1)c1ccccc1)Oc1ccc([N+](=O)[O-])cc1. The lowest BCUT2D eigenvalue weighted by molar-refractivity contribution is -0.384. The van der Waals surface area contributed by atoms with E-state index in [9.17, 15) is 14.9 Å². The van der Waals surface area contributed by atoms with Crippen molar-refractivity contribution in [3.63, 3.8) is 0 Å². The first kappa shape index (κ1) is 18.9. The van der Waals surface area contributed by atoms with Gasteiger partial charge in [0, 0.05) is 24.0 Å². The van der Waals surface area contributed by atoms with Crippen molar-refractivity contribution in [3.8, 4) is 5.75 Å². The highest BCUT2D eigenvalue weighted by Gasteiger charge is 2.55. The Morgan fingerprint density at radius 1 is 0.931 bits per heavy atom. The molecule has 29 heavy (non-hydrogen) atoms. The maximum atomic E-state index is 12.3. The number of nitro groups is 1. The van der Waals surface area contributed by atoms with Crippen LogP contribution in [0.2, 0.25) is 0 Å². The first-order chi connectivity index (χ1) is 14.1. The molecule has 1 aliphatic carbocycles. The molecule has 0 saturated heterocycles. The lowest BCUT2D eigenvalue weighted by Crippen LogP contribution is -2.14. The van der Waals surface area contributed by atoms with E-state index in [2.05, 4.69) is 48.5 Å². The molecule has 0 radical (unpaired) electrons. The number of nitro benzene ring substituents is 1. The zero-order chi connectivity index (χ0) is 20.3. The second-order valence-electron chi connectivity index (χ2n) is 7.37. The Bertz CT molecular complexity index is 961. The Hall–Kier alpha value is -3.47. The zero-order valence-electron chi connectivity index (χ0n) is 15.9. The first-order valence-corrected chi connectivity index (χ1v) is 9.66. The van der Waals surface area contributed by atoms with E-state index in [1.54, 1.807) is 0 Å². The molecule has 4 rings (SSSR count). The van der Waals surface area contributed by atoms with Crippen molar-refractivity contribution in [2.24, 2.45) is 5.92 Å². The standard InChI is InChI=1S/C24H21NO4/c26-23(29-22-14-12-21(13-15-22)25(27)28)16-11-20-17-24(20,18-7-3-1-4-8-18)19-9-5-2-6-10-19/h1-10,12-15,20H,11,16-17H2. The van der Waals surface area contributed by atoms with Gasteiger partial charge in [0.2, 0.25) is 0 Å². The summed E-state index contributed by atoms with van der Waals surface area (Å²) < 4.78 is 5.35. The second kappa shape index (κ2) is 7.87. The largest absolute Gasteiger partial charge is 0.427 e. The minimum atomic E-state index is -0.481. The Morgan fingerprint density at radius 2 is 1.48 bits per heavy atom. The number of hydrogen-bond donors (Lipinski definition) is 0. The van der Waals surface area contributed by atoms with Crippen molar-refractivity contribution in [3.05, 3.63) is 106 Å². The summed E-state index contributed by atoms with van der Waals surface area (Å²) in [6.07, 6.45) is 2.05. The van der Waals surface area contributed by atoms with Crippen molar-refractivity contribution in [1.82, 2.24) is 0 Å². The Morgan fingerprint density at radius 3 is 2.00 bits per heavy atom. The maximum Gasteiger partial charge on any atom is 0.311 e. The summed E-state index contributed by atoms with van der Waals surface area (Å²) in [4.78, 5) is 22.5. The number of carbonyl (C=O) groups excluding carboxylic acids is 1. The van der Waals surface area contributed by atoms with Crippen LogP contribution in [0.3, 0.4) is 0 Å². The van der Waals surface area contributed by atoms with E-state index in [0.29, 0.717) is 18.1 Å². The van der Waals surface area contributed by atoms with E-state index in [-0.39, 0.29) is 17.1 Å². The second-order valence-corrected chi connectivity index (χ2v) is 7.37. The van der Waals surface area contributed by atoms with Crippen LogP contribution in [-0.2, 0) is 10.2 Å². The molecule has 5 heteroatoms. The summed E-state index contributed by atoms with van der Waals surface area (Å²) in [7, 11) is 0. The van der Waals surface area contributed by atoms with Gasteiger partial charge in [-0.15, -0.1) is 0 Å². The highest BCUT2D eigenvalue weighted by Crippen LogP contribution is 2.60. The molecule has 146 valence electrons. The van der Waals surface area contributed by atoms with E-state index in [4.69, 9.17) is 4.74 Å². The number of benzene rings is 3. The molecule has 3 aromatic rings. The minimum Gasteiger partial charge on any atom is -0.427 e. The number of non-ortho nitro benzene ring substituents is 1. The van der Waals surface area contributed by atoms with Gasteiger partial charge in [0.05, 0.1) is 4.92 Å². The molecule has 3 aromatic carbocycles. The lowest BCUT2D eigenvalue weighted by Gasteiger charge is -2.19. The van der Waals surface area contributed by atoms with Gasteiger partial charge in [-0.2, -0.15) is 0 Å². The molecule has 5 nitrogen and oxygen atoms in total. The maximum absolute atomic E-state index is 12.3. The number of nitrogens with zero attached hydrogens (tertiary/aromatic N) is 1. The molecule has 1 saturated carbocycles. The van der Waals surface area contributed by atoms with Gasteiger partial charge in [-0.25, -0.2) is 0 Å². The third-order valence-corrected chi connectivity index (χ3v) is 5.66. The van der Waals surface area contributed by atoms with Gasteiger partial charge >= 0.3 is 5.97 Å². The summed E-state index contributed by atoms with van der Waals surface area (Å²) in [6, 6.07) is 26.4. The van der Waals surface area contributed by atoms with Crippen molar-refractivity contribution in [1.29, 1.82) is 0 Å². The summed E-state index contributed by atoms with van der Waals surface area (Å²) in [5.41, 5.74) is 2.48. The molecule has 0 heterocycles. The lowest BCUT2D eigenvalue weighted by atomic mass is 9.85. The van der Waals surface area contributed by atoms with Gasteiger partial charge in [-0.05, 0) is 42.0 Å². The molecule has 0 spiro atoms. The predicted octanol–water partition coefficient (Wildman–Crippen LogP) is 5.29. The van der Waals surface area contributed by atoms with Crippen LogP contribution in [0, 0.1) is 16.0 Å². The highest BCUT2D eigenvalue weighted by molar-refractivity contribution is 5.72. The molecular weight excluding hydrogens is 366 g/mol. The molecule has 0 aliphatic heterocycles. The van der Waals surface area contributed by atoms with Crippen molar-refractivity contribution < 1.29 is 14.5 Å². The Kier molecular flexibility index (Phi) is 5.12. The molecular formula is C24H21NO4. The Labute approximate surface area is 169 Å². The van der Waals surface area contributed by atoms with E-state index >= 15 is 0 Å². The minimum absolute atomic E-state index is 0.0294. The summed E-state index contributed by atoms with van der Waals surface area (Å²) in [5.74, 6) is 0.381. The fourth-order valence-electron chi connectivity index (χ4n) is 4.13. The molecule has 1 unspecified atom stereocenters. The average Bonchev–Trinajstić information content (AvgIpc) is 3.50. The monoisotopic (exact) mass is 387 g/mol. The normalized spacial score (nSPS) is 16.8. The van der Waals surface area contributed by atoms with Crippen molar-refractivity contribution in [2.75, 3.05) is 0 Å². The number of hydrogen-bond acceptors (Lipinski definition) is 4. The van der Waals surface area contributed by atoms with Crippen LogP contribution in [0.15, 0.2) is 84.9 Å². The third kappa shape index (κ3) is 3.90. The number of ether oxygens (including phenoxy) is 1. The predicted molar refractivity (Wildman–Crippen MR) is 110 cm³/mol. The fraction of sp³-hybridized carbons (Fsp3) is 0.208. The van der Waals surface area contributed by atoms with E-state index in [1.165, 1.54) is 35.4 Å². The number of carbonyl (C=O) groups is 1. The van der Waals surface area contributed by atoms with Gasteiger partial charge in [-0.1, -0.05) is 60.7 Å². The van der Waals surface area contributed by atoms with Gasteiger partial charge in [0.1, 0.15) is 5.75 Å². The van der Waals surface area contributed by atoms with Crippen molar-refractivity contribution >= 4 is 11.7 Å². The highest BCUT2D eigenvalue weighted by atomic mass is 16.6. The molecule has 1 atom stereocenters. The van der Waals surface area contributed by atoms with Gasteiger partial charge < -0.3 is 4.74 Å². The van der Waals surface area contributed by atoms with Crippen LogP contribution in [0.1, 0.15) is 30.4 Å². The summed E-state index contributed by atoms with van der Waals surface area (Å²) in [6.45, 7) is 0.